The Bertz CT molecular complexity index is 433. The van der Waals surface area contributed by atoms with Gasteiger partial charge in [0.15, 0.2) is 0 Å². The zero-order valence-corrected chi connectivity index (χ0v) is 12.6. The molecule has 0 N–H and O–H groups in total. The highest BCUT2D eigenvalue weighted by molar-refractivity contribution is 9.10. The van der Waals surface area contributed by atoms with Gasteiger partial charge in [-0.15, -0.1) is 0 Å². The van der Waals surface area contributed by atoms with Crippen LogP contribution in [0, 0.1) is 6.92 Å². The number of halogens is 1. The van der Waals surface area contributed by atoms with E-state index in [0.717, 1.165) is 6.04 Å². The maximum absolute atomic E-state index is 3.59. The van der Waals surface area contributed by atoms with Crippen LogP contribution in [0.3, 0.4) is 0 Å². The fourth-order valence-corrected chi connectivity index (χ4v) is 3.51. The maximum atomic E-state index is 3.59. The van der Waals surface area contributed by atoms with E-state index in [1.54, 1.807) is 0 Å². The number of aryl methyl sites for hydroxylation is 1. The van der Waals surface area contributed by atoms with Crippen molar-refractivity contribution < 1.29 is 0 Å². The lowest BCUT2D eigenvalue weighted by Gasteiger charge is -2.27. The predicted octanol–water partition coefficient (Wildman–Crippen LogP) is 3.43. The number of benzene rings is 1. The molecular formula is C15H21BrN2. The van der Waals surface area contributed by atoms with Crippen LogP contribution in [0.4, 0.5) is 5.69 Å². The summed E-state index contributed by atoms with van der Waals surface area (Å²) >= 11 is 3.59. The van der Waals surface area contributed by atoms with E-state index in [9.17, 15) is 0 Å². The van der Waals surface area contributed by atoms with Crippen LogP contribution >= 0.6 is 15.9 Å². The molecule has 0 amide bonds. The Labute approximate surface area is 118 Å². The molecule has 2 aliphatic heterocycles. The van der Waals surface area contributed by atoms with Gasteiger partial charge >= 0.3 is 0 Å². The first kappa shape index (κ1) is 12.5. The Morgan fingerprint density at radius 2 is 2.00 bits per heavy atom. The topological polar surface area (TPSA) is 6.48 Å². The molecule has 2 nitrogen and oxygen atoms in total. The minimum atomic E-state index is 0.788. The SMILES string of the molecule is Cc1cc(N2CCCN3CCCC3C2)ccc1Br. The molecule has 0 saturated carbocycles. The normalized spacial score (nSPS) is 25.0. The van der Waals surface area contributed by atoms with Crippen molar-refractivity contribution in [3.8, 4) is 0 Å². The average molecular weight is 309 g/mol. The number of nitrogens with zero attached hydrogens (tertiary/aromatic N) is 2. The van der Waals surface area contributed by atoms with Crippen molar-refractivity contribution in [3.63, 3.8) is 0 Å². The van der Waals surface area contributed by atoms with Gasteiger partial charge in [0.05, 0.1) is 0 Å². The fourth-order valence-electron chi connectivity index (χ4n) is 3.27. The van der Waals surface area contributed by atoms with Crippen LogP contribution in [0.25, 0.3) is 0 Å². The smallest absolute Gasteiger partial charge is 0.0370 e. The summed E-state index contributed by atoms with van der Waals surface area (Å²) in [6.07, 6.45) is 4.06. The molecule has 0 radical (unpaired) electrons. The van der Waals surface area contributed by atoms with Crippen molar-refractivity contribution in [1.82, 2.24) is 4.90 Å². The summed E-state index contributed by atoms with van der Waals surface area (Å²) in [7, 11) is 0. The molecule has 1 aromatic rings. The van der Waals surface area contributed by atoms with Crippen molar-refractivity contribution in [2.75, 3.05) is 31.1 Å². The quantitative estimate of drug-likeness (QED) is 0.784. The summed E-state index contributed by atoms with van der Waals surface area (Å²) in [5, 5.41) is 0. The molecule has 0 aromatic heterocycles. The zero-order chi connectivity index (χ0) is 12.5. The van der Waals surface area contributed by atoms with Crippen LogP contribution in [-0.2, 0) is 0 Å². The monoisotopic (exact) mass is 308 g/mol. The molecule has 0 aliphatic carbocycles. The fraction of sp³-hybridized carbons (Fsp3) is 0.600. The summed E-state index contributed by atoms with van der Waals surface area (Å²) in [5.41, 5.74) is 2.73. The molecule has 2 heterocycles. The van der Waals surface area contributed by atoms with Gasteiger partial charge in [-0.2, -0.15) is 0 Å². The standard InChI is InChI=1S/C15H21BrN2/c1-12-10-13(5-6-15(12)16)18-9-3-8-17-7-2-4-14(17)11-18/h5-6,10,14H,2-4,7-9,11H2,1H3. The lowest BCUT2D eigenvalue weighted by molar-refractivity contribution is 0.273. The van der Waals surface area contributed by atoms with Crippen LogP contribution in [0.2, 0.25) is 0 Å². The van der Waals surface area contributed by atoms with E-state index in [0.29, 0.717) is 0 Å². The number of hydrogen-bond acceptors (Lipinski definition) is 2. The van der Waals surface area contributed by atoms with Crippen molar-refractivity contribution >= 4 is 21.6 Å². The van der Waals surface area contributed by atoms with Crippen molar-refractivity contribution in [1.29, 1.82) is 0 Å². The molecular weight excluding hydrogens is 288 g/mol. The van der Waals surface area contributed by atoms with Gasteiger partial charge in [0.25, 0.3) is 0 Å². The van der Waals surface area contributed by atoms with Crippen molar-refractivity contribution in [3.05, 3.63) is 28.2 Å². The molecule has 3 rings (SSSR count). The van der Waals surface area contributed by atoms with E-state index in [1.165, 1.54) is 61.2 Å². The highest BCUT2D eigenvalue weighted by atomic mass is 79.9. The Morgan fingerprint density at radius 1 is 1.17 bits per heavy atom. The second-order valence-electron chi connectivity index (χ2n) is 5.57. The molecule has 0 spiro atoms. The molecule has 1 unspecified atom stereocenters. The molecule has 2 saturated heterocycles. The lowest BCUT2D eigenvalue weighted by Crippen LogP contribution is -2.36. The third-order valence-corrected chi connectivity index (χ3v) is 5.20. The van der Waals surface area contributed by atoms with E-state index in [2.05, 4.69) is 50.9 Å². The van der Waals surface area contributed by atoms with Crippen molar-refractivity contribution in [2.45, 2.75) is 32.2 Å². The first-order chi connectivity index (χ1) is 8.74. The van der Waals surface area contributed by atoms with Crippen LogP contribution in [0.1, 0.15) is 24.8 Å². The van der Waals surface area contributed by atoms with E-state index < -0.39 is 0 Å². The van der Waals surface area contributed by atoms with E-state index >= 15 is 0 Å². The molecule has 98 valence electrons. The largest absolute Gasteiger partial charge is 0.370 e. The molecule has 1 atom stereocenters. The minimum absolute atomic E-state index is 0.788. The van der Waals surface area contributed by atoms with Gasteiger partial charge < -0.3 is 4.90 Å². The summed E-state index contributed by atoms with van der Waals surface area (Å²) in [5.74, 6) is 0. The first-order valence-electron chi connectivity index (χ1n) is 6.99. The van der Waals surface area contributed by atoms with Crippen LogP contribution in [0.5, 0.6) is 0 Å². The van der Waals surface area contributed by atoms with E-state index in [-0.39, 0.29) is 0 Å². The lowest BCUT2D eigenvalue weighted by atomic mass is 10.1. The summed E-state index contributed by atoms with van der Waals surface area (Å²) in [6, 6.07) is 7.54. The van der Waals surface area contributed by atoms with Gasteiger partial charge in [0.1, 0.15) is 0 Å². The third-order valence-electron chi connectivity index (χ3n) is 4.31. The van der Waals surface area contributed by atoms with Gasteiger partial charge in [-0.3, -0.25) is 4.90 Å². The second-order valence-corrected chi connectivity index (χ2v) is 6.42. The number of fused-ring (bicyclic) bond motifs is 1. The first-order valence-corrected chi connectivity index (χ1v) is 7.78. The highest BCUT2D eigenvalue weighted by Gasteiger charge is 2.28. The Hall–Kier alpha value is -0.540. The average Bonchev–Trinajstić information content (AvgIpc) is 2.70. The Balaban J connectivity index is 1.80. The third kappa shape index (κ3) is 2.43. The number of hydrogen-bond donors (Lipinski definition) is 0. The van der Waals surface area contributed by atoms with Gasteiger partial charge in [-0.05, 0) is 56.5 Å². The van der Waals surface area contributed by atoms with Gasteiger partial charge in [-0.1, -0.05) is 15.9 Å². The van der Waals surface area contributed by atoms with E-state index in [4.69, 9.17) is 0 Å². The van der Waals surface area contributed by atoms with Crippen LogP contribution < -0.4 is 4.90 Å². The molecule has 3 heteroatoms. The zero-order valence-electron chi connectivity index (χ0n) is 11.0. The molecule has 2 fully saturated rings. The van der Waals surface area contributed by atoms with Crippen LogP contribution in [-0.4, -0.2) is 37.1 Å². The minimum Gasteiger partial charge on any atom is -0.370 e. The Morgan fingerprint density at radius 3 is 2.83 bits per heavy atom. The van der Waals surface area contributed by atoms with E-state index in [1.807, 2.05) is 0 Å². The maximum Gasteiger partial charge on any atom is 0.0370 e. The number of anilines is 1. The second kappa shape index (κ2) is 5.22. The van der Waals surface area contributed by atoms with Gasteiger partial charge in [-0.25, -0.2) is 0 Å². The number of rotatable bonds is 1. The Kier molecular flexibility index (Phi) is 3.62. The van der Waals surface area contributed by atoms with Gasteiger partial charge in [0.2, 0.25) is 0 Å². The molecule has 2 aliphatic rings. The highest BCUT2D eigenvalue weighted by Crippen LogP contribution is 2.27. The molecule has 18 heavy (non-hydrogen) atoms. The summed E-state index contributed by atoms with van der Waals surface area (Å²) in [4.78, 5) is 5.27. The van der Waals surface area contributed by atoms with Gasteiger partial charge in [0, 0.05) is 35.8 Å². The molecule has 1 aromatic carbocycles. The summed E-state index contributed by atoms with van der Waals surface area (Å²) < 4.78 is 1.21. The van der Waals surface area contributed by atoms with Crippen LogP contribution in [0.15, 0.2) is 22.7 Å². The molecule has 0 bridgehead atoms. The predicted molar refractivity (Wildman–Crippen MR) is 80.3 cm³/mol. The van der Waals surface area contributed by atoms with Crippen molar-refractivity contribution in [2.24, 2.45) is 0 Å². The summed E-state index contributed by atoms with van der Waals surface area (Å²) in [6.45, 7) is 7.19.